The van der Waals surface area contributed by atoms with Crippen LogP contribution in [0.3, 0.4) is 0 Å². The van der Waals surface area contributed by atoms with Gasteiger partial charge in [0.05, 0.1) is 0 Å². The minimum atomic E-state index is -0.110. The Morgan fingerprint density at radius 3 is 2.48 bits per heavy atom. The summed E-state index contributed by atoms with van der Waals surface area (Å²) in [7, 11) is 0. The van der Waals surface area contributed by atoms with Gasteiger partial charge in [0, 0.05) is 41.5 Å². The van der Waals surface area contributed by atoms with E-state index in [0.717, 1.165) is 22.0 Å². The van der Waals surface area contributed by atoms with Crippen molar-refractivity contribution in [3.05, 3.63) is 89.0 Å². The molecule has 0 aliphatic heterocycles. The molecule has 4 rings (SSSR count). The maximum atomic E-state index is 11.5. The van der Waals surface area contributed by atoms with Gasteiger partial charge in [-0.1, -0.05) is 42.5 Å². The summed E-state index contributed by atoms with van der Waals surface area (Å²) in [6.45, 7) is 0.676. The van der Waals surface area contributed by atoms with E-state index in [1.165, 1.54) is 11.6 Å². The van der Waals surface area contributed by atoms with Crippen LogP contribution >= 0.6 is 0 Å². The summed E-state index contributed by atoms with van der Waals surface area (Å²) >= 11 is 0. The van der Waals surface area contributed by atoms with Crippen LogP contribution in [0.25, 0.3) is 22.0 Å². The maximum absolute atomic E-state index is 11.5. The number of nitrogens with zero attached hydrogens (tertiary/aromatic N) is 2. The van der Waals surface area contributed by atoms with Crippen molar-refractivity contribution in [2.45, 2.75) is 6.54 Å². The highest BCUT2D eigenvalue weighted by atomic mass is 16.1. The quantitative estimate of drug-likeness (QED) is 0.600. The van der Waals surface area contributed by atoms with E-state index in [4.69, 9.17) is 0 Å². The van der Waals surface area contributed by atoms with Gasteiger partial charge in [0.15, 0.2) is 0 Å². The molecule has 0 spiro atoms. The first-order valence-corrected chi connectivity index (χ1v) is 8.02. The summed E-state index contributed by atoms with van der Waals surface area (Å²) < 4.78 is 0. The Kier molecular flexibility index (Phi) is 3.96. The largest absolute Gasteiger partial charge is 0.350 e. The zero-order chi connectivity index (χ0) is 17.1. The SMILES string of the molecule is O=c1ccc2c(-c3cnc(NCc4ccccc4)nc3)cccc2[nH]1. The van der Waals surface area contributed by atoms with Crippen LogP contribution in [0.15, 0.2) is 77.9 Å². The first-order chi connectivity index (χ1) is 12.3. The third-order valence-electron chi connectivity index (χ3n) is 4.02. The number of rotatable bonds is 4. The molecular weight excluding hydrogens is 312 g/mol. The molecular formula is C20H16N4O. The van der Waals surface area contributed by atoms with Crippen LogP contribution in [0, 0.1) is 0 Å². The Hall–Kier alpha value is -3.47. The second kappa shape index (κ2) is 6.57. The van der Waals surface area contributed by atoms with Crippen LogP contribution in [-0.2, 0) is 6.54 Å². The summed E-state index contributed by atoms with van der Waals surface area (Å²) in [5.41, 5.74) is 3.76. The molecule has 4 aromatic rings. The van der Waals surface area contributed by atoms with Crippen molar-refractivity contribution >= 4 is 16.9 Å². The number of aromatic amines is 1. The first kappa shape index (κ1) is 15.1. The lowest BCUT2D eigenvalue weighted by Gasteiger charge is -2.08. The van der Waals surface area contributed by atoms with Gasteiger partial charge < -0.3 is 10.3 Å². The minimum absolute atomic E-state index is 0.110. The molecule has 0 atom stereocenters. The van der Waals surface area contributed by atoms with Gasteiger partial charge in [-0.2, -0.15) is 0 Å². The smallest absolute Gasteiger partial charge is 0.248 e. The van der Waals surface area contributed by atoms with Crippen LogP contribution in [0.4, 0.5) is 5.95 Å². The fourth-order valence-electron chi connectivity index (χ4n) is 2.77. The molecule has 122 valence electrons. The summed E-state index contributed by atoms with van der Waals surface area (Å²) in [4.78, 5) is 23.1. The minimum Gasteiger partial charge on any atom is -0.350 e. The van der Waals surface area contributed by atoms with E-state index in [-0.39, 0.29) is 5.56 Å². The molecule has 2 heterocycles. The van der Waals surface area contributed by atoms with Gasteiger partial charge in [-0.05, 0) is 23.3 Å². The van der Waals surface area contributed by atoms with E-state index >= 15 is 0 Å². The average Bonchev–Trinajstić information content (AvgIpc) is 2.67. The van der Waals surface area contributed by atoms with Gasteiger partial charge in [-0.3, -0.25) is 4.79 Å². The molecule has 25 heavy (non-hydrogen) atoms. The number of benzene rings is 2. The Morgan fingerprint density at radius 1 is 0.880 bits per heavy atom. The average molecular weight is 328 g/mol. The standard InChI is InChI=1S/C20H16N4O/c25-19-10-9-17-16(7-4-8-18(17)24-19)15-12-22-20(23-13-15)21-11-14-5-2-1-3-6-14/h1-10,12-13H,11H2,(H,24,25)(H,21,22,23). The molecule has 0 fully saturated rings. The van der Waals surface area contributed by atoms with Crippen LogP contribution in [0.1, 0.15) is 5.56 Å². The molecule has 0 unspecified atom stereocenters. The Labute approximate surface area is 144 Å². The predicted octanol–water partition coefficient (Wildman–Crippen LogP) is 3.60. The number of aromatic nitrogens is 3. The molecule has 2 aromatic heterocycles. The van der Waals surface area contributed by atoms with E-state index in [1.54, 1.807) is 12.4 Å². The zero-order valence-corrected chi connectivity index (χ0v) is 13.4. The molecule has 0 bridgehead atoms. The summed E-state index contributed by atoms with van der Waals surface area (Å²) in [6, 6.07) is 19.3. The fraction of sp³-hybridized carbons (Fsp3) is 0.0500. The normalized spacial score (nSPS) is 10.7. The molecule has 2 aromatic carbocycles. The topological polar surface area (TPSA) is 70.7 Å². The maximum Gasteiger partial charge on any atom is 0.248 e. The number of hydrogen-bond acceptors (Lipinski definition) is 4. The van der Waals surface area contributed by atoms with Crippen molar-refractivity contribution in [1.82, 2.24) is 15.0 Å². The van der Waals surface area contributed by atoms with E-state index < -0.39 is 0 Å². The monoisotopic (exact) mass is 328 g/mol. The fourth-order valence-corrected chi connectivity index (χ4v) is 2.77. The van der Waals surface area contributed by atoms with Gasteiger partial charge in [-0.25, -0.2) is 9.97 Å². The highest BCUT2D eigenvalue weighted by Gasteiger charge is 2.06. The van der Waals surface area contributed by atoms with Crippen LogP contribution in [-0.4, -0.2) is 15.0 Å². The third kappa shape index (κ3) is 3.26. The van der Waals surface area contributed by atoms with Crippen molar-refractivity contribution in [2.24, 2.45) is 0 Å². The Morgan fingerprint density at radius 2 is 1.68 bits per heavy atom. The highest BCUT2D eigenvalue weighted by molar-refractivity contribution is 5.94. The van der Waals surface area contributed by atoms with Gasteiger partial charge in [0.1, 0.15) is 0 Å². The second-order valence-corrected chi connectivity index (χ2v) is 5.72. The first-order valence-electron chi connectivity index (χ1n) is 8.02. The summed E-state index contributed by atoms with van der Waals surface area (Å²) in [6.07, 6.45) is 3.58. The van der Waals surface area contributed by atoms with E-state index in [9.17, 15) is 4.79 Å². The highest BCUT2D eigenvalue weighted by Crippen LogP contribution is 2.26. The molecule has 5 heteroatoms. The molecule has 2 N–H and O–H groups in total. The van der Waals surface area contributed by atoms with Gasteiger partial charge in [0.2, 0.25) is 11.5 Å². The molecule has 0 aliphatic carbocycles. The summed E-state index contributed by atoms with van der Waals surface area (Å²) in [5, 5.41) is 4.18. The molecule has 0 aliphatic rings. The zero-order valence-electron chi connectivity index (χ0n) is 13.4. The lowest BCUT2D eigenvalue weighted by molar-refractivity contribution is 1.06. The Balaban J connectivity index is 1.59. The van der Waals surface area contributed by atoms with Crippen molar-refractivity contribution in [3.8, 4) is 11.1 Å². The second-order valence-electron chi connectivity index (χ2n) is 5.72. The number of nitrogens with one attached hydrogen (secondary N) is 2. The van der Waals surface area contributed by atoms with Crippen LogP contribution < -0.4 is 10.9 Å². The number of anilines is 1. The number of H-pyrrole nitrogens is 1. The molecule has 0 saturated heterocycles. The number of hydrogen-bond donors (Lipinski definition) is 2. The van der Waals surface area contributed by atoms with Crippen molar-refractivity contribution in [2.75, 3.05) is 5.32 Å². The molecule has 0 amide bonds. The lowest BCUT2D eigenvalue weighted by atomic mass is 10.0. The van der Waals surface area contributed by atoms with Crippen molar-refractivity contribution in [1.29, 1.82) is 0 Å². The van der Waals surface area contributed by atoms with Gasteiger partial charge >= 0.3 is 0 Å². The lowest BCUT2D eigenvalue weighted by Crippen LogP contribution is -2.04. The van der Waals surface area contributed by atoms with Crippen LogP contribution in [0.5, 0.6) is 0 Å². The molecule has 0 radical (unpaired) electrons. The third-order valence-corrected chi connectivity index (χ3v) is 4.02. The van der Waals surface area contributed by atoms with Crippen LogP contribution in [0.2, 0.25) is 0 Å². The molecule has 5 nitrogen and oxygen atoms in total. The van der Waals surface area contributed by atoms with E-state index in [2.05, 4.69) is 32.4 Å². The number of pyridine rings is 1. The summed E-state index contributed by atoms with van der Waals surface area (Å²) in [5.74, 6) is 0.584. The van der Waals surface area contributed by atoms with Crippen molar-refractivity contribution in [3.63, 3.8) is 0 Å². The van der Waals surface area contributed by atoms with Gasteiger partial charge in [-0.15, -0.1) is 0 Å². The van der Waals surface area contributed by atoms with Crippen molar-refractivity contribution < 1.29 is 0 Å². The van der Waals surface area contributed by atoms with Gasteiger partial charge in [0.25, 0.3) is 0 Å². The number of fused-ring (bicyclic) bond motifs is 1. The Bertz CT molecular complexity index is 1060. The predicted molar refractivity (Wildman–Crippen MR) is 99.4 cm³/mol. The molecule has 0 saturated carbocycles. The van der Waals surface area contributed by atoms with E-state index in [1.807, 2.05) is 42.5 Å². The van der Waals surface area contributed by atoms with E-state index in [0.29, 0.717) is 12.5 Å².